The summed E-state index contributed by atoms with van der Waals surface area (Å²) in [5.41, 5.74) is 1.45. The molecule has 0 unspecified atom stereocenters. The Labute approximate surface area is 165 Å². The first kappa shape index (κ1) is 18.0. The van der Waals surface area contributed by atoms with Gasteiger partial charge in [-0.15, -0.1) is 10.2 Å². The monoisotopic (exact) mass is 402 g/mol. The van der Waals surface area contributed by atoms with Gasteiger partial charge in [-0.2, -0.15) is 0 Å². The molecule has 138 valence electrons. The Morgan fingerprint density at radius 2 is 1.89 bits per heavy atom. The normalized spacial score (nSPS) is 13.5. The Bertz CT molecular complexity index is 976. The van der Waals surface area contributed by atoms with Crippen LogP contribution in [0.2, 0.25) is 5.02 Å². The molecule has 2 aromatic carbocycles. The van der Waals surface area contributed by atoms with E-state index in [1.54, 1.807) is 4.90 Å². The topological polar surface area (TPSA) is 51.0 Å². The van der Waals surface area contributed by atoms with Crippen molar-refractivity contribution < 1.29 is 9.18 Å². The molecule has 0 spiro atoms. The number of amides is 1. The van der Waals surface area contributed by atoms with Gasteiger partial charge < -0.3 is 0 Å². The van der Waals surface area contributed by atoms with Crippen molar-refractivity contribution in [2.45, 2.75) is 23.9 Å². The summed E-state index contributed by atoms with van der Waals surface area (Å²) in [7, 11) is 0. The highest BCUT2D eigenvalue weighted by atomic mass is 35.5. The minimum absolute atomic E-state index is 0.203. The fourth-order valence-electron chi connectivity index (χ4n) is 2.97. The summed E-state index contributed by atoms with van der Waals surface area (Å²) in [5.74, 6) is 0.624. The minimum Gasteiger partial charge on any atom is -0.288 e. The van der Waals surface area contributed by atoms with E-state index in [0.29, 0.717) is 23.8 Å². The highest BCUT2D eigenvalue weighted by Gasteiger charge is 2.28. The highest BCUT2D eigenvalue weighted by Crippen LogP contribution is 2.30. The van der Waals surface area contributed by atoms with Crippen molar-refractivity contribution >= 4 is 35.2 Å². The van der Waals surface area contributed by atoms with Crippen LogP contribution < -0.4 is 4.90 Å². The third kappa shape index (κ3) is 3.70. The minimum atomic E-state index is -0.369. The molecule has 1 aliphatic rings. The molecule has 0 bridgehead atoms. The molecule has 3 aromatic rings. The number of thioether (sulfide) groups is 1. The molecule has 2 heterocycles. The fraction of sp³-hybridized carbons (Fsp3) is 0.211. The first-order chi connectivity index (χ1) is 13.1. The molecule has 0 aliphatic carbocycles. The molecule has 0 atom stereocenters. The lowest BCUT2D eigenvalue weighted by Gasteiger charge is -2.27. The van der Waals surface area contributed by atoms with Gasteiger partial charge in [-0.05, 0) is 42.3 Å². The summed E-state index contributed by atoms with van der Waals surface area (Å²) >= 11 is 7.75. The standard InChI is InChI=1S/C19H16ClFN4OS/c20-16-5-2-1-4-14(16)12-27-19-23-22-18-24(10-3-11-25(18)19)17(26)13-6-8-15(21)9-7-13/h1-2,4-9H,3,10-12H2. The van der Waals surface area contributed by atoms with Crippen LogP contribution in [-0.2, 0) is 12.3 Å². The van der Waals surface area contributed by atoms with Gasteiger partial charge in [0.15, 0.2) is 5.16 Å². The van der Waals surface area contributed by atoms with Crippen LogP contribution in [0.3, 0.4) is 0 Å². The Kier molecular flexibility index (Phi) is 5.13. The predicted molar refractivity (Wildman–Crippen MR) is 104 cm³/mol. The molecule has 0 saturated heterocycles. The number of aromatic nitrogens is 3. The second-order valence-corrected chi connectivity index (χ2v) is 7.48. The van der Waals surface area contributed by atoms with Gasteiger partial charge >= 0.3 is 0 Å². The van der Waals surface area contributed by atoms with Crippen molar-refractivity contribution in [1.29, 1.82) is 0 Å². The van der Waals surface area contributed by atoms with Crippen molar-refractivity contribution in [1.82, 2.24) is 14.8 Å². The number of nitrogens with zero attached hydrogens (tertiary/aromatic N) is 4. The second kappa shape index (κ2) is 7.70. The van der Waals surface area contributed by atoms with E-state index in [-0.39, 0.29) is 11.7 Å². The van der Waals surface area contributed by atoms with Crippen molar-refractivity contribution in [3.05, 3.63) is 70.5 Å². The van der Waals surface area contributed by atoms with Crippen LogP contribution >= 0.6 is 23.4 Å². The zero-order valence-electron chi connectivity index (χ0n) is 14.3. The molecular weight excluding hydrogens is 387 g/mol. The highest BCUT2D eigenvalue weighted by molar-refractivity contribution is 7.98. The zero-order valence-corrected chi connectivity index (χ0v) is 15.9. The number of halogens is 2. The van der Waals surface area contributed by atoms with E-state index in [1.807, 2.05) is 28.8 Å². The second-order valence-electron chi connectivity index (χ2n) is 6.13. The van der Waals surface area contributed by atoms with Crippen LogP contribution in [-0.4, -0.2) is 27.2 Å². The van der Waals surface area contributed by atoms with Crippen LogP contribution in [0.25, 0.3) is 0 Å². The van der Waals surface area contributed by atoms with Crippen molar-refractivity contribution in [2.75, 3.05) is 11.4 Å². The SMILES string of the molecule is O=C(c1ccc(F)cc1)N1CCCn2c(SCc3ccccc3Cl)nnc21. The van der Waals surface area contributed by atoms with Gasteiger partial charge in [-0.1, -0.05) is 41.6 Å². The van der Waals surface area contributed by atoms with Gasteiger partial charge in [0.2, 0.25) is 5.95 Å². The lowest BCUT2D eigenvalue weighted by atomic mass is 10.2. The third-order valence-corrected chi connectivity index (χ3v) is 5.74. The Balaban J connectivity index is 1.55. The largest absolute Gasteiger partial charge is 0.288 e. The number of fused-ring (bicyclic) bond motifs is 1. The number of hydrogen-bond acceptors (Lipinski definition) is 4. The molecule has 0 radical (unpaired) electrons. The lowest BCUT2D eigenvalue weighted by Crippen LogP contribution is -2.38. The number of carbonyl (C=O) groups excluding carboxylic acids is 1. The molecule has 27 heavy (non-hydrogen) atoms. The molecule has 8 heteroatoms. The summed E-state index contributed by atoms with van der Waals surface area (Å²) in [5, 5.41) is 9.96. The van der Waals surface area contributed by atoms with E-state index in [9.17, 15) is 9.18 Å². The van der Waals surface area contributed by atoms with Crippen LogP contribution in [0, 0.1) is 5.82 Å². The molecule has 0 N–H and O–H groups in total. The van der Waals surface area contributed by atoms with Crippen LogP contribution in [0.4, 0.5) is 10.3 Å². The molecule has 1 aliphatic heterocycles. The molecule has 0 fully saturated rings. The number of rotatable bonds is 4. The summed E-state index contributed by atoms with van der Waals surface area (Å²) in [6, 6.07) is 13.2. The number of hydrogen-bond donors (Lipinski definition) is 0. The van der Waals surface area contributed by atoms with Crippen molar-refractivity contribution in [3.63, 3.8) is 0 Å². The molecule has 1 amide bonds. The Hall–Kier alpha value is -2.38. The molecule has 0 saturated carbocycles. The van der Waals surface area contributed by atoms with Crippen LogP contribution in [0.5, 0.6) is 0 Å². The van der Waals surface area contributed by atoms with E-state index in [1.165, 1.54) is 36.0 Å². The number of benzene rings is 2. The summed E-state index contributed by atoms with van der Waals surface area (Å²) < 4.78 is 15.1. The smallest absolute Gasteiger partial charge is 0.260 e. The third-order valence-electron chi connectivity index (χ3n) is 4.35. The predicted octanol–water partition coefficient (Wildman–Crippen LogP) is 4.41. The van der Waals surface area contributed by atoms with Crippen LogP contribution in [0.1, 0.15) is 22.3 Å². The first-order valence-electron chi connectivity index (χ1n) is 8.50. The Morgan fingerprint density at radius 3 is 2.67 bits per heavy atom. The quantitative estimate of drug-likeness (QED) is 0.606. The molecular formula is C19H16ClFN4OS. The van der Waals surface area contributed by atoms with Gasteiger partial charge in [0.25, 0.3) is 5.91 Å². The molecule has 4 rings (SSSR count). The maximum absolute atomic E-state index is 13.1. The van der Waals surface area contributed by atoms with E-state index in [2.05, 4.69) is 10.2 Å². The van der Waals surface area contributed by atoms with E-state index in [0.717, 1.165) is 28.7 Å². The number of carbonyl (C=O) groups is 1. The molecule has 1 aromatic heterocycles. The van der Waals surface area contributed by atoms with Crippen molar-refractivity contribution in [3.8, 4) is 0 Å². The van der Waals surface area contributed by atoms with E-state index in [4.69, 9.17) is 11.6 Å². The number of anilines is 1. The fourth-order valence-corrected chi connectivity index (χ4v) is 4.21. The summed E-state index contributed by atoms with van der Waals surface area (Å²) in [4.78, 5) is 14.4. The maximum atomic E-state index is 13.1. The van der Waals surface area contributed by atoms with E-state index < -0.39 is 0 Å². The molecule has 5 nitrogen and oxygen atoms in total. The summed E-state index contributed by atoms with van der Waals surface area (Å²) in [6.07, 6.45) is 0.803. The maximum Gasteiger partial charge on any atom is 0.260 e. The van der Waals surface area contributed by atoms with Gasteiger partial charge in [0.05, 0.1) is 0 Å². The van der Waals surface area contributed by atoms with Gasteiger partial charge in [-0.25, -0.2) is 4.39 Å². The zero-order chi connectivity index (χ0) is 18.8. The van der Waals surface area contributed by atoms with E-state index >= 15 is 0 Å². The van der Waals surface area contributed by atoms with Crippen LogP contribution in [0.15, 0.2) is 53.7 Å². The lowest BCUT2D eigenvalue weighted by molar-refractivity contribution is 0.0980. The average Bonchev–Trinajstić information content (AvgIpc) is 3.11. The van der Waals surface area contributed by atoms with Gasteiger partial charge in [0, 0.05) is 29.4 Å². The van der Waals surface area contributed by atoms with Gasteiger partial charge in [-0.3, -0.25) is 14.3 Å². The Morgan fingerprint density at radius 1 is 1.11 bits per heavy atom. The summed E-state index contributed by atoms with van der Waals surface area (Å²) in [6.45, 7) is 1.31. The average molecular weight is 403 g/mol. The first-order valence-corrected chi connectivity index (χ1v) is 9.86. The van der Waals surface area contributed by atoms with Crippen molar-refractivity contribution in [2.24, 2.45) is 0 Å². The van der Waals surface area contributed by atoms with Gasteiger partial charge in [0.1, 0.15) is 5.82 Å².